The van der Waals surface area contributed by atoms with E-state index < -0.39 is 0 Å². The number of ether oxygens (including phenoxy) is 2. The molecule has 1 aromatic carbocycles. The van der Waals surface area contributed by atoms with Gasteiger partial charge in [-0.25, -0.2) is 0 Å². The highest BCUT2D eigenvalue weighted by Gasteiger charge is 2.35. The summed E-state index contributed by atoms with van der Waals surface area (Å²) in [7, 11) is 0. The van der Waals surface area contributed by atoms with Crippen LogP contribution in [0.3, 0.4) is 0 Å². The van der Waals surface area contributed by atoms with E-state index >= 15 is 0 Å². The first-order valence-electron chi connectivity index (χ1n) is 8.13. The van der Waals surface area contributed by atoms with Crippen LogP contribution in [0.5, 0.6) is 11.5 Å². The lowest BCUT2D eigenvalue weighted by Crippen LogP contribution is -2.50. The third-order valence-electron chi connectivity index (χ3n) is 4.20. The van der Waals surface area contributed by atoms with E-state index in [0.29, 0.717) is 13.2 Å². The molecular formula is C17H24N2O3. The topological polar surface area (TPSA) is 50.8 Å². The molecule has 2 aliphatic rings. The summed E-state index contributed by atoms with van der Waals surface area (Å²) in [6, 6.07) is 3.71. The van der Waals surface area contributed by atoms with Crippen LogP contribution in [0.25, 0.3) is 0 Å². The summed E-state index contributed by atoms with van der Waals surface area (Å²) < 4.78 is 11.3. The molecule has 0 spiro atoms. The lowest BCUT2D eigenvalue weighted by atomic mass is 9.98. The Morgan fingerprint density at radius 3 is 2.59 bits per heavy atom. The van der Waals surface area contributed by atoms with E-state index in [0.717, 1.165) is 42.3 Å². The number of fused-ring (bicyclic) bond motifs is 2. The molecule has 2 aliphatic heterocycles. The van der Waals surface area contributed by atoms with Crippen LogP contribution in [0.4, 0.5) is 11.4 Å². The van der Waals surface area contributed by atoms with Gasteiger partial charge in [0.05, 0.1) is 11.4 Å². The molecule has 0 bridgehead atoms. The molecule has 0 saturated carbocycles. The standard InChI is InChI=1S/C17H24N2O3/c1-4-5-6-19-13-10-15-14(21-7-8-22-15)9-12(13)18-16(11(2)3)17(19)20/h9-11,16,18H,4-8H2,1-3H3. The van der Waals surface area contributed by atoms with Gasteiger partial charge < -0.3 is 19.7 Å². The van der Waals surface area contributed by atoms with Crippen molar-refractivity contribution in [3.05, 3.63) is 12.1 Å². The van der Waals surface area contributed by atoms with Crippen LogP contribution in [-0.4, -0.2) is 31.7 Å². The Bertz CT molecular complexity index is 571. The zero-order chi connectivity index (χ0) is 15.7. The fourth-order valence-electron chi connectivity index (χ4n) is 2.93. The van der Waals surface area contributed by atoms with Gasteiger partial charge in [-0.2, -0.15) is 0 Å². The number of anilines is 2. The summed E-state index contributed by atoms with van der Waals surface area (Å²) in [5.74, 6) is 1.86. The number of carbonyl (C=O) groups excluding carboxylic acids is 1. The Kier molecular flexibility index (Phi) is 4.14. The minimum atomic E-state index is -0.188. The van der Waals surface area contributed by atoms with Crippen molar-refractivity contribution in [1.82, 2.24) is 0 Å². The lowest BCUT2D eigenvalue weighted by molar-refractivity contribution is -0.120. The van der Waals surface area contributed by atoms with Gasteiger partial charge in [0.15, 0.2) is 11.5 Å². The average molecular weight is 304 g/mol. The van der Waals surface area contributed by atoms with Gasteiger partial charge in [-0.15, -0.1) is 0 Å². The van der Waals surface area contributed by atoms with E-state index in [1.54, 1.807) is 0 Å². The Morgan fingerprint density at radius 2 is 1.95 bits per heavy atom. The van der Waals surface area contributed by atoms with Crippen LogP contribution in [0.15, 0.2) is 12.1 Å². The van der Waals surface area contributed by atoms with E-state index in [-0.39, 0.29) is 17.9 Å². The molecule has 1 unspecified atom stereocenters. The molecule has 120 valence electrons. The maximum Gasteiger partial charge on any atom is 0.249 e. The van der Waals surface area contributed by atoms with E-state index in [1.807, 2.05) is 17.0 Å². The minimum absolute atomic E-state index is 0.146. The summed E-state index contributed by atoms with van der Waals surface area (Å²) in [5, 5.41) is 3.38. The van der Waals surface area contributed by atoms with Crippen molar-refractivity contribution in [2.75, 3.05) is 30.0 Å². The number of hydrogen-bond acceptors (Lipinski definition) is 4. The van der Waals surface area contributed by atoms with Crippen LogP contribution < -0.4 is 19.7 Å². The molecule has 5 nitrogen and oxygen atoms in total. The molecule has 3 rings (SSSR count). The zero-order valence-corrected chi connectivity index (χ0v) is 13.5. The first-order valence-corrected chi connectivity index (χ1v) is 8.13. The highest BCUT2D eigenvalue weighted by molar-refractivity contribution is 6.05. The largest absolute Gasteiger partial charge is 0.486 e. The molecule has 1 atom stereocenters. The van der Waals surface area contributed by atoms with E-state index in [2.05, 4.69) is 26.1 Å². The lowest BCUT2D eigenvalue weighted by Gasteiger charge is -2.38. The predicted molar refractivity (Wildman–Crippen MR) is 86.9 cm³/mol. The van der Waals surface area contributed by atoms with Crippen molar-refractivity contribution in [2.24, 2.45) is 5.92 Å². The third kappa shape index (κ3) is 2.60. The van der Waals surface area contributed by atoms with Crippen molar-refractivity contribution in [3.8, 4) is 11.5 Å². The number of carbonyl (C=O) groups is 1. The number of hydrogen-bond donors (Lipinski definition) is 1. The molecule has 2 heterocycles. The molecule has 1 amide bonds. The predicted octanol–water partition coefficient (Wildman–Crippen LogP) is 3.04. The van der Waals surface area contributed by atoms with Crippen molar-refractivity contribution in [1.29, 1.82) is 0 Å². The average Bonchev–Trinajstić information content (AvgIpc) is 2.51. The second kappa shape index (κ2) is 6.07. The molecule has 0 fully saturated rings. The normalized spacial score (nSPS) is 19.9. The fraction of sp³-hybridized carbons (Fsp3) is 0.588. The molecule has 0 aromatic heterocycles. The SMILES string of the molecule is CCCCN1C(=O)C(C(C)C)Nc2cc3c(cc21)OCCO3. The first-order chi connectivity index (χ1) is 10.6. The summed E-state index contributed by atoms with van der Waals surface area (Å²) in [4.78, 5) is 14.7. The number of rotatable bonds is 4. The van der Waals surface area contributed by atoms with Crippen molar-refractivity contribution in [3.63, 3.8) is 0 Å². The van der Waals surface area contributed by atoms with Gasteiger partial charge in [0.25, 0.3) is 0 Å². The second-order valence-corrected chi connectivity index (χ2v) is 6.22. The van der Waals surface area contributed by atoms with Gasteiger partial charge in [-0.05, 0) is 12.3 Å². The van der Waals surface area contributed by atoms with Crippen molar-refractivity contribution in [2.45, 2.75) is 39.7 Å². The van der Waals surface area contributed by atoms with Crippen LogP contribution in [0.2, 0.25) is 0 Å². The third-order valence-corrected chi connectivity index (χ3v) is 4.20. The number of unbranched alkanes of at least 4 members (excludes halogenated alkanes) is 1. The van der Waals surface area contributed by atoms with Gasteiger partial charge in [0, 0.05) is 18.7 Å². The van der Waals surface area contributed by atoms with Crippen LogP contribution in [0.1, 0.15) is 33.6 Å². The van der Waals surface area contributed by atoms with Gasteiger partial charge >= 0.3 is 0 Å². The quantitative estimate of drug-likeness (QED) is 0.929. The molecule has 22 heavy (non-hydrogen) atoms. The zero-order valence-electron chi connectivity index (χ0n) is 13.5. The van der Waals surface area contributed by atoms with E-state index in [9.17, 15) is 4.79 Å². The monoisotopic (exact) mass is 304 g/mol. The van der Waals surface area contributed by atoms with Gasteiger partial charge in [-0.3, -0.25) is 4.79 Å². The number of benzene rings is 1. The van der Waals surface area contributed by atoms with Crippen LogP contribution in [-0.2, 0) is 4.79 Å². The van der Waals surface area contributed by atoms with E-state index in [4.69, 9.17) is 9.47 Å². The number of nitrogens with zero attached hydrogens (tertiary/aromatic N) is 1. The van der Waals surface area contributed by atoms with E-state index in [1.165, 1.54) is 0 Å². The fourth-order valence-corrected chi connectivity index (χ4v) is 2.93. The summed E-state index contributed by atoms with van der Waals surface area (Å²) in [6.45, 7) is 8.13. The summed E-state index contributed by atoms with van der Waals surface area (Å²) >= 11 is 0. The molecule has 0 radical (unpaired) electrons. The highest BCUT2D eigenvalue weighted by Crippen LogP contribution is 2.43. The molecule has 0 saturated heterocycles. The molecule has 5 heteroatoms. The maximum absolute atomic E-state index is 12.8. The summed E-state index contributed by atoms with van der Waals surface area (Å²) in [5.41, 5.74) is 1.86. The van der Waals surface area contributed by atoms with Crippen molar-refractivity contribution >= 4 is 17.3 Å². The Balaban J connectivity index is 2.01. The minimum Gasteiger partial charge on any atom is -0.486 e. The number of amides is 1. The van der Waals surface area contributed by atoms with Gasteiger partial charge in [0.1, 0.15) is 19.3 Å². The maximum atomic E-state index is 12.8. The second-order valence-electron chi connectivity index (χ2n) is 6.22. The Hall–Kier alpha value is -1.91. The van der Waals surface area contributed by atoms with Gasteiger partial charge in [-0.1, -0.05) is 27.2 Å². The van der Waals surface area contributed by atoms with Crippen LogP contribution >= 0.6 is 0 Å². The van der Waals surface area contributed by atoms with Crippen molar-refractivity contribution < 1.29 is 14.3 Å². The Morgan fingerprint density at radius 1 is 1.27 bits per heavy atom. The summed E-state index contributed by atoms with van der Waals surface area (Å²) in [6.07, 6.45) is 2.05. The molecule has 1 N–H and O–H groups in total. The molecule has 0 aliphatic carbocycles. The highest BCUT2D eigenvalue weighted by atomic mass is 16.6. The molecular weight excluding hydrogens is 280 g/mol. The molecule has 1 aromatic rings. The Labute approximate surface area is 131 Å². The first kappa shape index (κ1) is 15.0. The smallest absolute Gasteiger partial charge is 0.249 e. The van der Waals surface area contributed by atoms with Crippen LogP contribution in [0, 0.1) is 5.92 Å². The van der Waals surface area contributed by atoms with Gasteiger partial charge in [0.2, 0.25) is 5.91 Å². The number of nitrogens with one attached hydrogen (secondary N) is 1.